The number of methoxy groups -OCH3 is 2. The molecule has 2 aromatic rings. The van der Waals surface area contributed by atoms with Crippen LogP contribution in [0.1, 0.15) is 0 Å². The number of nitrogens with zero attached hydrogens (tertiary/aromatic N) is 2. The third kappa shape index (κ3) is 5.87. The molecule has 0 aromatic heterocycles. The first kappa shape index (κ1) is 24.4. The molecule has 10 nitrogen and oxygen atoms in total. The molecule has 31 heavy (non-hydrogen) atoms. The zero-order valence-electron chi connectivity index (χ0n) is 17.8. The smallest absolute Gasteiger partial charge is 0.243 e. The summed E-state index contributed by atoms with van der Waals surface area (Å²) in [6.07, 6.45) is 1.06. The first-order valence-electron chi connectivity index (χ1n) is 8.92. The Morgan fingerprint density at radius 1 is 0.968 bits per heavy atom. The van der Waals surface area contributed by atoms with Crippen molar-refractivity contribution in [1.29, 1.82) is 0 Å². The van der Waals surface area contributed by atoms with Crippen LogP contribution in [0.3, 0.4) is 0 Å². The molecular weight excluding hydrogens is 446 g/mol. The predicted molar refractivity (Wildman–Crippen MR) is 118 cm³/mol. The molecule has 170 valence electrons. The molecule has 1 N–H and O–H groups in total. The Labute approximate surface area is 182 Å². The van der Waals surface area contributed by atoms with Crippen LogP contribution >= 0.6 is 0 Å². The van der Waals surface area contributed by atoms with Crippen molar-refractivity contribution in [2.45, 2.75) is 4.90 Å². The van der Waals surface area contributed by atoms with Crippen molar-refractivity contribution in [2.24, 2.45) is 0 Å². The standard InChI is InChI=1S/C19H25N3O7S2/c1-21(31(26,27)16-9-10-17(28-3)18(12-16)29-4)13-19(23)20-14-7-6-8-15(11-14)22(2)30(5,24)25/h6-12H,13H2,1-5H3,(H,20,23). The van der Waals surface area contributed by atoms with E-state index in [0.717, 1.165) is 14.9 Å². The van der Waals surface area contributed by atoms with E-state index in [0.29, 0.717) is 17.1 Å². The number of amides is 1. The van der Waals surface area contributed by atoms with Gasteiger partial charge in [0, 0.05) is 25.8 Å². The van der Waals surface area contributed by atoms with E-state index in [1.807, 2.05) is 0 Å². The molecule has 1 amide bonds. The Hall–Kier alpha value is -2.83. The lowest BCUT2D eigenvalue weighted by atomic mass is 10.3. The van der Waals surface area contributed by atoms with Gasteiger partial charge in [-0.05, 0) is 30.3 Å². The average molecular weight is 472 g/mol. The average Bonchev–Trinajstić information content (AvgIpc) is 2.71. The molecule has 0 bridgehead atoms. The van der Waals surface area contributed by atoms with Gasteiger partial charge >= 0.3 is 0 Å². The Bertz CT molecular complexity index is 1160. The molecule has 0 heterocycles. The number of benzene rings is 2. The summed E-state index contributed by atoms with van der Waals surface area (Å²) in [6.45, 7) is -0.456. The summed E-state index contributed by atoms with van der Waals surface area (Å²) in [5.74, 6) is 0.0275. The lowest BCUT2D eigenvalue weighted by Crippen LogP contribution is -2.35. The maximum absolute atomic E-state index is 12.8. The van der Waals surface area contributed by atoms with Gasteiger partial charge in [-0.2, -0.15) is 4.31 Å². The topological polar surface area (TPSA) is 122 Å². The minimum Gasteiger partial charge on any atom is -0.493 e. The molecule has 0 aliphatic carbocycles. The SMILES string of the molecule is COc1ccc(S(=O)(=O)N(C)CC(=O)Nc2cccc(N(C)S(C)(=O)=O)c2)cc1OC. The van der Waals surface area contributed by atoms with E-state index in [9.17, 15) is 21.6 Å². The van der Waals surface area contributed by atoms with Gasteiger partial charge in [0.2, 0.25) is 26.0 Å². The number of hydrogen-bond donors (Lipinski definition) is 1. The van der Waals surface area contributed by atoms with Crippen molar-refractivity contribution >= 4 is 37.3 Å². The third-order valence-corrected chi connectivity index (χ3v) is 7.43. The molecule has 0 fully saturated rings. The number of carbonyl (C=O) groups excluding carboxylic acids is 1. The van der Waals surface area contributed by atoms with Crippen molar-refractivity contribution in [2.75, 3.05) is 50.7 Å². The van der Waals surface area contributed by atoms with Gasteiger partial charge in [-0.1, -0.05) is 6.07 Å². The van der Waals surface area contributed by atoms with Gasteiger partial charge in [0.05, 0.1) is 37.6 Å². The second kappa shape index (κ2) is 9.54. The first-order chi connectivity index (χ1) is 14.4. The minimum absolute atomic E-state index is 0.0581. The predicted octanol–water partition coefficient (Wildman–Crippen LogP) is 1.36. The minimum atomic E-state index is -3.98. The van der Waals surface area contributed by atoms with Crippen molar-refractivity contribution < 1.29 is 31.1 Å². The van der Waals surface area contributed by atoms with Crippen LogP contribution in [-0.2, 0) is 24.8 Å². The highest BCUT2D eigenvalue weighted by Crippen LogP contribution is 2.30. The van der Waals surface area contributed by atoms with Gasteiger partial charge in [0.15, 0.2) is 11.5 Å². The number of hydrogen-bond acceptors (Lipinski definition) is 7. The van der Waals surface area contributed by atoms with Crippen molar-refractivity contribution in [3.05, 3.63) is 42.5 Å². The largest absolute Gasteiger partial charge is 0.493 e. The van der Waals surface area contributed by atoms with Crippen LogP contribution < -0.4 is 19.1 Å². The number of likely N-dealkylation sites (N-methyl/N-ethyl adjacent to an activating group) is 1. The van der Waals surface area contributed by atoms with Gasteiger partial charge in [-0.15, -0.1) is 0 Å². The fourth-order valence-electron chi connectivity index (χ4n) is 2.62. The molecule has 2 rings (SSSR count). The van der Waals surface area contributed by atoms with Gasteiger partial charge in [0.1, 0.15) is 0 Å². The number of carbonyl (C=O) groups is 1. The highest BCUT2D eigenvalue weighted by molar-refractivity contribution is 7.92. The zero-order chi connectivity index (χ0) is 23.4. The maximum atomic E-state index is 12.8. The second-order valence-corrected chi connectivity index (χ2v) is 10.7. The summed E-state index contributed by atoms with van der Waals surface area (Å²) in [4.78, 5) is 12.4. The lowest BCUT2D eigenvalue weighted by Gasteiger charge is -2.19. The molecular formula is C19H25N3O7S2. The lowest BCUT2D eigenvalue weighted by molar-refractivity contribution is -0.116. The fraction of sp³-hybridized carbons (Fsp3) is 0.316. The van der Waals surface area contributed by atoms with E-state index < -0.39 is 32.5 Å². The molecule has 2 aromatic carbocycles. The number of anilines is 2. The molecule has 0 saturated heterocycles. The first-order valence-corrected chi connectivity index (χ1v) is 12.2. The van der Waals surface area contributed by atoms with Crippen LogP contribution in [0.15, 0.2) is 47.4 Å². The Morgan fingerprint density at radius 2 is 1.61 bits per heavy atom. The van der Waals surface area contributed by atoms with Gasteiger partial charge < -0.3 is 14.8 Å². The summed E-state index contributed by atoms with van der Waals surface area (Å²) in [5, 5.41) is 2.57. The van der Waals surface area contributed by atoms with Crippen LogP contribution in [-0.4, -0.2) is 68.2 Å². The second-order valence-electron chi connectivity index (χ2n) is 6.61. The zero-order valence-corrected chi connectivity index (χ0v) is 19.5. The van der Waals surface area contributed by atoms with Gasteiger partial charge in [-0.3, -0.25) is 9.10 Å². The Morgan fingerprint density at radius 3 is 2.19 bits per heavy atom. The van der Waals surface area contributed by atoms with Crippen LogP contribution in [0.25, 0.3) is 0 Å². The number of rotatable bonds is 9. The van der Waals surface area contributed by atoms with Crippen LogP contribution in [0.4, 0.5) is 11.4 Å². The number of nitrogens with one attached hydrogen (secondary N) is 1. The van der Waals surface area contributed by atoms with E-state index in [4.69, 9.17) is 9.47 Å². The fourth-order valence-corrected chi connectivity index (χ4v) is 4.26. The third-order valence-electron chi connectivity index (χ3n) is 4.42. The molecule has 0 aliphatic rings. The summed E-state index contributed by atoms with van der Waals surface area (Å²) in [7, 11) is -1.95. The Kier molecular flexibility index (Phi) is 7.52. The van der Waals surface area contributed by atoms with Crippen molar-refractivity contribution in [3.8, 4) is 11.5 Å². The highest BCUT2D eigenvalue weighted by atomic mass is 32.2. The molecule has 12 heteroatoms. The Balaban J connectivity index is 2.15. The van der Waals surface area contributed by atoms with Crippen LogP contribution in [0.2, 0.25) is 0 Å². The van der Waals surface area contributed by atoms with E-state index in [1.54, 1.807) is 18.2 Å². The van der Waals surface area contributed by atoms with E-state index in [2.05, 4.69) is 5.32 Å². The number of sulfonamides is 2. The summed E-state index contributed by atoms with van der Waals surface area (Å²) in [6, 6.07) is 10.3. The van der Waals surface area contributed by atoms with Gasteiger partial charge in [-0.25, -0.2) is 16.8 Å². The molecule has 0 spiro atoms. The van der Waals surface area contributed by atoms with Crippen molar-refractivity contribution in [1.82, 2.24) is 4.31 Å². The van der Waals surface area contributed by atoms with Crippen LogP contribution in [0.5, 0.6) is 11.5 Å². The van der Waals surface area contributed by atoms with Crippen molar-refractivity contribution in [3.63, 3.8) is 0 Å². The van der Waals surface area contributed by atoms with E-state index >= 15 is 0 Å². The maximum Gasteiger partial charge on any atom is 0.243 e. The summed E-state index contributed by atoms with van der Waals surface area (Å²) < 4.78 is 61.2. The summed E-state index contributed by atoms with van der Waals surface area (Å²) in [5.41, 5.74) is 0.682. The normalized spacial score (nSPS) is 11.8. The molecule has 0 aliphatic heterocycles. The monoisotopic (exact) mass is 471 g/mol. The highest BCUT2D eigenvalue weighted by Gasteiger charge is 2.24. The molecule has 0 unspecified atom stereocenters. The summed E-state index contributed by atoms with van der Waals surface area (Å²) >= 11 is 0. The molecule has 0 radical (unpaired) electrons. The molecule has 0 atom stereocenters. The van der Waals surface area contributed by atoms with E-state index in [-0.39, 0.29) is 10.6 Å². The number of ether oxygens (including phenoxy) is 2. The molecule has 0 saturated carbocycles. The quantitative estimate of drug-likeness (QED) is 0.586. The van der Waals surface area contributed by atoms with Gasteiger partial charge in [0.25, 0.3) is 0 Å². The van der Waals surface area contributed by atoms with E-state index in [1.165, 1.54) is 52.6 Å². The van der Waals surface area contributed by atoms with Crippen LogP contribution in [0, 0.1) is 0 Å².